The molecule has 1 aromatic rings. The first-order valence-electron chi connectivity index (χ1n) is 2.10. The molecule has 0 aromatic carbocycles. The van der Waals surface area contributed by atoms with Crippen molar-refractivity contribution in [1.29, 1.82) is 0 Å². The Kier molecular flexibility index (Phi) is 2.91. The number of rotatable bonds is 1. The summed E-state index contributed by atoms with van der Waals surface area (Å²) in [5.74, 6) is 1.78. The summed E-state index contributed by atoms with van der Waals surface area (Å²) in [4.78, 5) is 0. The van der Waals surface area contributed by atoms with Crippen LogP contribution >= 0.6 is 24.9 Å². The number of aromatic nitrogens is 3. The van der Waals surface area contributed by atoms with Crippen LogP contribution in [-0.4, -0.2) is 13.5 Å². The van der Waals surface area contributed by atoms with E-state index in [9.17, 15) is 0 Å². The van der Waals surface area contributed by atoms with E-state index in [0.29, 0.717) is 0 Å². The van der Waals surface area contributed by atoms with Crippen molar-refractivity contribution in [3.05, 3.63) is 12.3 Å². The molecule has 1 heterocycles. The first kappa shape index (κ1) is 6.93. The van der Waals surface area contributed by atoms with Gasteiger partial charge in [-0.25, -0.2) is 0 Å². The van der Waals surface area contributed by atoms with Crippen molar-refractivity contribution in [3.63, 3.8) is 0 Å². The maximum atomic E-state index is 4.06. The summed E-state index contributed by atoms with van der Waals surface area (Å²) in [5, 5.41) is 0. The molecule has 0 aliphatic heterocycles. The molecule has 3 nitrogen and oxygen atoms in total. The van der Waals surface area contributed by atoms with Crippen LogP contribution in [0.15, 0.2) is 12.3 Å². The molecule has 0 saturated heterocycles. The molecule has 0 unspecified atom stereocenters. The average molecular weight is 174 g/mol. The minimum absolute atomic E-state index is 0.639. The highest BCUT2D eigenvalue weighted by molar-refractivity contribution is 7.59. The lowest BCUT2D eigenvalue weighted by molar-refractivity contribution is 1.68. The molecule has 6 heteroatoms. The summed E-state index contributed by atoms with van der Waals surface area (Å²) in [7, 11) is 0.943. The number of hydrogen-bond acceptors (Lipinski definition) is 3. The lowest BCUT2D eigenvalue weighted by atomic mass is 11.0. The van der Waals surface area contributed by atoms with Gasteiger partial charge in [-0.05, 0) is 13.5 Å². The third kappa shape index (κ3) is 2.26. The van der Waals surface area contributed by atoms with Gasteiger partial charge in [-0.3, -0.25) is 0 Å². The van der Waals surface area contributed by atoms with Gasteiger partial charge in [0.25, 0.3) is 0 Å². The van der Waals surface area contributed by atoms with E-state index in [4.69, 9.17) is 0 Å². The summed E-state index contributed by atoms with van der Waals surface area (Å²) < 4.78 is 12.0. The smallest absolute Gasteiger partial charge is 0.108 e. The fourth-order valence-corrected chi connectivity index (χ4v) is 3.06. The second kappa shape index (κ2) is 3.77. The van der Waals surface area contributed by atoms with Gasteiger partial charge in [0.15, 0.2) is 0 Å². The predicted molar refractivity (Wildman–Crippen MR) is 41.9 cm³/mol. The molecule has 0 aliphatic rings. The van der Waals surface area contributed by atoms with Crippen LogP contribution in [0.2, 0.25) is 0 Å². The molecule has 0 fully saturated rings. The summed E-state index contributed by atoms with van der Waals surface area (Å²) in [6.45, 7) is 3.43. The van der Waals surface area contributed by atoms with Gasteiger partial charge in [0, 0.05) is 0 Å². The maximum absolute atomic E-state index is 4.06. The van der Waals surface area contributed by atoms with Crippen LogP contribution in [0, 0.1) is 0 Å². The van der Waals surface area contributed by atoms with Gasteiger partial charge < -0.3 is 0 Å². The van der Waals surface area contributed by atoms with E-state index in [1.807, 2.05) is 0 Å². The first-order chi connectivity index (χ1) is 4.43. The third-order valence-corrected chi connectivity index (χ3v) is 3.71. The van der Waals surface area contributed by atoms with Crippen LogP contribution in [0.25, 0.3) is 5.82 Å². The van der Waals surface area contributed by atoms with Gasteiger partial charge in [-0.15, -0.1) is 5.73 Å². The Morgan fingerprint density at radius 2 is 2.11 bits per heavy atom. The molecule has 0 radical (unpaired) electrons. The Morgan fingerprint density at radius 3 is 2.67 bits per heavy atom. The first-order valence-corrected chi connectivity index (χ1v) is 5.02. The Hall–Kier alpha value is -0.180. The Morgan fingerprint density at radius 1 is 1.44 bits per heavy atom. The van der Waals surface area contributed by atoms with E-state index in [-0.39, 0.29) is 0 Å². The second-order valence-corrected chi connectivity index (χ2v) is 4.50. The van der Waals surface area contributed by atoms with Crippen LogP contribution < -0.4 is 0 Å². The van der Waals surface area contributed by atoms with Gasteiger partial charge in [0.1, 0.15) is 0 Å². The molecule has 1 rings (SSSR count). The SMILES string of the molecule is C=C=C[p+]1npnpn1. The van der Waals surface area contributed by atoms with Crippen LogP contribution in [0.1, 0.15) is 0 Å². The van der Waals surface area contributed by atoms with Crippen LogP contribution in [0.5, 0.6) is 0 Å². The van der Waals surface area contributed by atoms with Crippen molar-refractivity contribution in [2.75, 3.05) is 0 Å². The molecule has 1 aromatic heterocycles. The molecule has 0 bridgehead atoms. The summed E-state index contributed by atoms with van der Waals surface area (Å²) >= 11 is 0. The molecular formula is C3H3N3P3+. The lowest BCUT2D eigenvalue weighted by Gasteiger charge is -1.68. The third-order valence-electron chi connectivity index (χ3n) is 0.550. The minimum Gasteiger partial charge on any atom is -0.108 e. The van der Waals surface area contributed by atoms with Crippen molar-refractivity contribution in [3.8, 4) is 0 Å². The van der Waals surface area contributed by atoms with E-state index >= 15 is 0 Å². The monoisotopic (exact) mass is 174 g/mol. The standard InChI is InChI=1S/C3H3N3P3/c1-2-3-9-5-7-4-8-6-9/h3H,1H2/q+1. The fraction of sp³-hybridized carbons (Fsp3) is 0. The highest BCUT2D eigenvalue weighted by atomic mass is 31.2. The zero-order valence-corrected chi connectivity index (χ0v) is 7.15. The van der Waals surface area contributed by atoms with Crippen molar-refractivity contribution < 1.29 is 0 Å². The fourth-order valence-electron chi connectivity index (χ4n) is 0.287. The quantitative estimate of drug-likeness (QED) is 0.614. The second-order valence-electron chi connectivity index (χ2n) is 1.10. The Labute approximate surface area is 57.2 Å². The molecule has 0 amide bonds. The molecular weight excluding hydrogens is 171 g/mol. The van der Waals surface area contributed by atoms with E-state index in [1.54, 1.807) is 5.82 Å². The lowest BCUT2D eigenvalue weighted by Crippen LogP contribution is -1.57. The van der Waals surface area contributed by atoms with Gasteiger partial charge >= 0.3 is 17.0 Å². The van der Waals surface area contributed by atoms with Gasteiger partial charge in [0.2, 0.25) is 7.85 Å². The van der Waals surface area contributed by atoms with E-state index in [1.165, 1.54) is 0 Å². The zero-order valence-electron chi connectivity index (χ0n) is 4.47. The van der Waals surface area contributed by atoms with E-state index in [0.717, 1.165) is 17.0 Å². The molecule has 0 N–H and O–H groups in total. The highest BCUT2D eigenvalue weighted by Gasteiger charge is 1.95. The molecule has 0 saturated carbocycles. The topological polar surface area (TPSA) is 38.7 Å². The van der Waals surface area contributed by atoms with Crippen LogP contribution in [0.4, 0.5) is 0 Å². The summed E-state index contributed by atoms with van der Waals surface area (Å²) in [5.41, 5.74) is 2.65. The molecule has 9 heavy (non-hydrogen) atoms. The molecule has 0 aliphatic carbocycles. The Bertz CT molecular complexity index is 229. The number of hydrogen-bond donors (Lipinski definition) is 0. The predicted octanol–water partition coefficient (Wildman–Crippen LogP) is 2.56. The molecule has 0 atom stereocenters. The van der Waals surface area contributed by atoms with Crippen molar-refractivity contribution >= 4 is 30.7 Å². The highest BCUT2D eigenvalue weighted by Crippen LogP contribution is 2.22. The van der Waals surface area contributed by atoms with Crippen LogP contribution in [-0.2, 0) is 0 Å². The van der Waals surface area contributed by atoms with Crippen molar-refractivity contribution in [2.45, 2.75) is 0 Å². The van der Waals surface area contributed by atoms with E-state index in [2.05, 4.69) is 25.8 Å². The molecule has 0 spiro atoms. The zero-order chi connectivity index (χ0) is 6.53. The van der Waals surface area contributed by atoms with Crippen molar-refractivity contribution in [2.24, 2.45) is 0 Å². The normalized spacial score (nSPS) is 11.8. The number of nitrogens with zero attached hydrogens (tertiary/aromatic N) is 3. The summed E-state index contributed by atoms with van der Waals surface area (Å²) in [6.07, 6.45) is 0. The maximum Gasteiger partial charge on any atom is 0.346 e. The average Bonchev–Trinajstić information content (AvgIpc) is 1.91. The largest absolute Gasteiger partial charge is 0.346 e. The minimum atomic E-state index is -0.639. The van der Waals surface area contributed by atoms with Gasteiger partial charge in [0.05, 0.1) is 5.82 Å². The molecule has 44 valence electrons. The van der Waals surface area contributed by atoms with E-state index < -0.39 is 7.85 Å². The van der Waals surface area contributed by atoms with Gasteiger partial charge in [-0.1, -0.05) is 6.58 Å². The van der Waals surface area contributed by atoms with Crippen molar-refractivity contribution in [1.82, 2.24) is 13.5 Å². The summed E-state index contributed by atoms with van der Waals surface area (Å²) in [6, 6.07) is 0. The van der Waals surface area contributed by atoms with Gasteiger partial charge in [-0.2, -0.15) is 0 Å². The Balaban J connectivity index is 2.97. The van der Waals surface area contributed by atoms with Crippen LogP contribution in [0.3, 0.4) is 0 Å².